The van der Waals surface area contributed by atoms with E-state index in [-0.39, 0.29) is 29.6 Å². The molecule has 0 saturated heterocycles. The Morgan fingerprint density at radius 2 is 2.19 bits per heavy atom. The molecular weight excluding hydrogens is 282 g/mol. The molecule has 21 heavy (non-hydrogen) atoms. The van der Waals surface area contributed by atoms with E-state index in [1.807, 2.05) is 0 Å². The Hall–Kier alpha value is -2.36. The van der Waals surface area contributed by atoms with Crippen molar-refractivity contribution < 1.29 is 24.5 Å². The average molecular weight is 299 g/mol. The van der Waals surface area contributed by atoms with Crippen LogP contribution in [0.3, 0.4) is 0 Å². The van der Waals surface area contributed by atoms with Gasteiger partial charge in [-0.1, -0.05) is 5.16 Å². The molecule has 0 bridgehead atoms. The molecule has 0 unspecified atom stereocenters. The highest BCUT2D eigenvalue weighted by molar-refractivity contribution is 5.96. The number of nitrogens with zero attached hydrogens (tertiary/aromatic N) is 3. The Kier molecular flexibility index (Phi) is 3.98. The van der Waals surface area contributed by atoms with Gasteiger partial charge in [-0.15, -0.1) is 0 Å². The zero-order valence-electron chi connectivity index (χ0n) is 11.6. The number of nitrogens with two attached hydrogens (primary N) is 1. The molecule has 5 N–H and O–H groups in total. The lowest BCUT2D eigenvalue weighted by atomic mass is 9.88. The van der Waals surface area contributed by atoms with Crippen LogP contribution < -0.4 is 15.8 Å². The number of oxime groups is 1. The lowest BCUT2D eigenvalue weighted by Gasteiger charge is -2.36. The SMILES string of the molecule is CC(C)(O)C(=O)NC1CC(Oc2nonc2/C(N)=N/O)C1. The van der Waals surface area contributed by atoms with Crippen molar-refractivity contribution in [3.8, 4) is 5.88 Å². The maximum atomic E-state index is 11.6. The second-order valence-corrected chi connectivity index (χ2v) is 5.34. The molecular formula is C11H17N5O5. The van der Waals surface area contributed by atoms with Gasteiger partial charge >= 0.3 is 0 Å². The fourth-order valence-corrected chi connectivity index (χ4v) is 1.76. The first-order valence-corrected chi connectivity index (χ1v) is 6.31. The van der Waals surface area contributed by atoms with Crippen molar-refractivity contribution in [3.05, 3.63) is 5.69 Å². The molecule has 1 aromatic heterocycles. The van der Waals surface area contributed by atoms with Crippen LogP contribution in [0.25, 0.3) is 0 Å². The minimum atomic E-state index is -1.42. The van der Waals surface area contributed by atoms with Gasteiger partial charge < -0.3 is 26.1 Å². The van der Waals surface area contributed by atoms with Gasteiger partial charge in [0, 0.05) is 18.9 Å². The highest BCUT2D eigenvalue weighted by atomic mass is 16.6. The van der Waals surface area contributed by atoms with Crippen LogP contribution in [-0.2, 0) is 4.79 Å². The maximum Gasteiger partial charge on any atom is 0.287 e. The summed E-state index contributed by atoms with van der Waals surface area (Å²) in [6, 6.07) is -0.0823. The van der Waals surface area contributed by atoms with Crippen LogP contribution in [0.1, 0.15) is 32.4 Å². The van der Waals surface area contributed by atoms with Gasteiger partial charge in [0.25, 0.3) is 11.8 Å². The minimum absolute atomic E-state index is 0.0153. The van der Waals surface area contributed by atoms with Gasteiger partial charge in [-0.3, -0.25) is 4.79 Å². The monoisotopic (exact) mass is 299 g/mol. The molecule has 0 spiro atoms. The van der Waals surface area contributed by atoms with Gasteiger partial charge in [-0.2, -0.15) is 0 Å². The summed E-state index contributed by atoms with van der Waals surface area (Å²) >= 11 is 0. The largest absolute Gasteiger partial charge is 0.470 e. The summed E-state index contributed by atoms with van der Waals surface area (Å²) in [5, 5.41) is 30.6. The molecule has 1 aromatic rings. The topological polar surface area (TPSA) is 156 Å². The van der Waals surface area contributed by atoms with E-state index < -0.39 is 11.5 Å². The molecule has 116 valence electrons. The summed E-state index contributed by atoms with van der Waals surface area (Å²) in [7, 11) is 0. The second-order valence-electron chi connectivity index (χ2n) is 5.34. The molecule has 2 rings (SSSR count). The maximum absolute atomic E-state index is 11.6. The number of aliphatic hydroxyl groups is 1. The molecule has 1 amide bonds. The Morgan fingerprint density at radius 3 is 2.76 bits per heavy atom. The number of rotatable bonds is 5. The number of carbonyl (C=O) groups is 1. The predicted molar refractivity (Wildman–Crippen MR) is 68.7 cm³/mol. The van der Waals surface area contributed by atoms with E-state index in [1.54, 1.807) is 0 Å². The molecule has 0 radical (unpaired) electrons. The summed E-state index contributed by atoms with van der Waals surface area (Å²) in [4.78, 5) is 11.6. The van der Waals surface area contributed by atoms with Crippen LogP contribution in [0.4, 0.5) is 0 Å². The van der Waals surface area contributed by atoms with E-state index in [0.717, 1.165) is 0 Å². The summed E-state index contributed by atoms with van der Waals surface area (Å²) in [6.07, 6.45) is 0.892. The van der Waals surface area contributed by atoms with Gasteiger partial charge in [-0.05, 0) is 24.2 Å². The first kappa shape index (κ1) is 15.0. The van der Waals surface area contributed by atoms with Gasteiger partial charge in [0.15, 0.2) is 5.84 Å². The highest BCUT2D eigenvalue weighted by Crippen LogP contribution is 2.26. The third-order valence-corrected chi connectivity index (χ3v) is 3.07. The van der Waals surface area contributed by atoms with E-state index >= 15 is 0 Å². The van der Waals surface area contributed by atoms with E-state index in [0.29, 0.717) is 12.8 Å². The Bertz CT molecular complexity index is 543. The molecule has 1 heterocycles. The minimum Gasteiger partial charge on any atom is -0.470 e. The second kappa shape index (κ2) is 5.56. The molecule has 10 nitrogen and oxygen atoms in total. The van der Waals surface area contributed by atoms with Crippen LogP contribution in [0.15, 0.2) is 9.78 Å². The van der Waals surface area contributed by atoms with Crippen molar-refractivity contribution in [2.45, 2.75) is 44.4 Å². The van der Waals surface area contributed by atoms with Gasteiger partial charge in [0.1, 0.15) is 11.7 Å². The number of aromatic nitrogens is 2. The molecule has 10 heteroatoms. The first-order chi connectivity index (χ1) is 9.81. The molecule has 0 aromatic carbocycles. The number of hydrogen-bond acceptors (Lipinski definition) is 8. The molecule has 1 fully saturated rings. The normalized spacial score (nSPS) is 22.5. The molecule has 0 aliphatic heterocycles. The standard InChI is InChI=1S/C11H17N5O5/c1-11(2,18)10(17)13-5-3-6(4-5)20-9-7(8(12)14-19)15-21-16-9/h5-6,18-19H,3-4H2,1-2H3,(H2,12,14)(H,13,17). The number of amidine groups is 1. The van der Waals surface area contributed by atoms with Crippen LogP contribution in [0.5, 0.6) is 5.88 Å². The molecule has 1 aliphatic rings. The van der Waals surface area contributed by atoms with Crippen molar-refractivity contribution in [1.29, 1.82) is 0 Å². The highest BCUT2D eigenvalue weighted by Gasteiger charge is 2.36. The molecule has 1 saturated carbocycles. The van der Waals surface area contributed by atoms with E-state index in [4.69, 9.17) is 15.7 Å². The number of hydrogen-bond donors (Lipinski definition) is 4. The van der Waals surface area contributed by atoms with E-state index in [2.05, 4.69) is 25.4 Å². The third-order valence-electron chi connectivity index (χ3n) is 3.07. The van der Waals surface area contributed by atoms with Crippen LogP contribution in [0, 0.1) is 0 Å². The third kappa shape index (κ3) is 3.40. The van der Waals surface area contributed by atoms with Crippen molar-refractivity contribution in [2.24, 2.45) is 10.9 Å². The zero-order chi connectivity index (χ0) is 15.6. The molecule has 0 atom stereocenters. The van der Waals surface area contributed by atoms with Crippen molar-refractivity contribution in [1.82, 2.24) is 15.6 Å². The summed E-state index contributed by atoms with van der Waals surface area (Å²) in [6.45, 7) is 2.83. The van der Waals surface area contributed by atoms with Gasteiger partial charge in [0.2, 0.25) is 5.69 Å². The smallest absolute Gasteiger partial charge is 0.287 e. The average Bonchev–Trinajstić information content (AvgIpc) is 2.82. The van der Waals surface area contributed by atoms with Crippen LogP contribution in [0.2, 0.25) is 0 Å². The zero-order valence-corrected chi connectivity index (χ0v) is 11.6. The van der Waals surface area contributed by atoms with E-state index in [1.165, 1.54) is 13.8 Å². The molecule has 1 aliphatic carbocycles. The quantitative estimate of drug-likeness (QED) is 0.232. The number of amides is 1. The predicted octanol–water partition coefficient (Wildman–Crippen LogP) is -1.04. The van der Waals surface area contributed by atoms with Gasteiger partial charge in [0.05, 0.1) is 0 Å². The van der Waals surface area contributed by atoms with Crippen LogP contribution in [-0.4, -0.2) is 50.1 Å². The number of ether oxygens (including phenoxy) is 1. The fourth-order valence-electron chi connectivity index (χ4n) is 1.76. The first-order valence-electron chi connectivity index (χ1n) is 6.31. The Balaban J connectivity index is 1.84. The number of nitrogens with one attached hydrogen (secondary N) is 1. The van der Waals surface area contributed by atoms with Crippen molar-refractivity contribution in [2.75, 3.05) is 0 Å². The van der Waals surface area contributed by atoms with Crippen molar-refractivity contribution >= 4 is 11.7 Å². The van der Waals surface area contributed by atoms with Crippen molar-refractivity contribution in [3.63, 3.8) is 0 Å². The number of carbonyl (C=O) groups excluding carboxylic acids is 1. The Morgan fingerprint density at radius 1 is 1.52 bits per heavy atom. The summed E-state index contributed by atoms with van der Waals surface area (Å²) < 4.78 is 9.96. The Labute approximate surface area is 119 Å². The lowest BCUT2D eigenvalue weighted by molar-refractivity contribution is -0.138. The van der Waals surface area contributed by atoms with E-state index in [9.17, 15) is 9.90 Å². The fraction of sp³-hybridized carbons (Fsp3) is 0.636. The summed E-state index contributed by atoms with van der Waals surface area (Å²) in [5.41, 5.74) is 3.99. The summed E-state index contributed by atoms with van der Waals surface area (Å²) in [5.74, 6) is -0.675. The van der Waals surface area contributed by atoms with Gasteiger partial charge in [-0.25, -0.2) is 4.63 Å². The lowest BCUT2D eigenvalue weighted by Crippen LogP contribution is -2.54. The van der Waals surface area contributed by atoms with Crippen LogP contribution >= 0.6 is 0 Å².